The van der Waals surface area contributed by atoms with Gasteiger partial charge in [0, 0.05) is 33.5 Å². The summed E-state index contributed by atoms with van der Waals surface area (Å²) in [5.74, 6) is 0. The third-order valence-electron chi connectivity index (χ3n) is 12.1. The van der Waals surface area contributed by atoms with Crippen molar-refractivity contribution in [1.29, 1.82) is 0 Å². The van der Waals surface area contributed by atoms with E-state index in [4.69, 9.17) is 0 Å². The molecular formula is C52H38N2. The van der Waals surface area contributed by atoms with E-state index in [0.29, 0.717) is 0 Å². The Kier molecular flexibility index (Phi) is 6.69. The molecule has 2 heteroatoms. The molecule has 256 valence electrons. The van der Waals surface area contributed by atoms with Crippen LogP contribution in [0.25, 0.3) is 49.7 Å². The van der Waals surface area contributed by atoms with Gasteiger partial charge >= 0.3 is 0 Å². The molecule has 1 aromatic heterocycles. The molecule has 0 bridgehead atoms. The lowest BCUT2D eigenvalue weighted by molar-refractivity contribution is 0.793. The molecule has 0 atom stereocenters. The van der Waals surface area contributed by atoms with E-state index in [9.17, 15) is 0 Å². The van der Waals surface area contributed by atoms with E-state index in [1.165, 1.54) is 88.8 Å². The molecule has 54 heavy (non-hydrogen) atoms. The highest BCUT2D eigenvalue weighted by Gasteiger charge is 2.51. The van der Waals surface area contributed by atoms with E-state index in [2.05, 4.69) is 205 Å². The number of fused-ring (bicyclic) bond motifs is 13. The summed E-state index contributed by atoms with van der Waals surface area (Å²) in [7, 11) is 0. The summed E-state index contributed by atoms with van der Waals surface area (Å²) in [6.07, 6.45) is 0.994. The van der Waals surface area contributed by atoms with Gasteiger partial charge in [-0.1, -0.05) is 128 Å². The third kappa shape index (κ3) is 4.17. The van der Waals surface area contributed by atoms with Crippen molar-refractivity contribution in [2.24, 2.45) is 0 Å². The molecule has 9 aromatic rings. The zero-order valence-electron chi connectivity index (χ0n) is 30.4. The van der Waals surface area contributed by atoms with Gasteiger partial charge in [0.15, 0.2) is 0 Å². The maximum Gasteiger partial charge on any atom is 0.0726 e. The molecule has 0 saturated heterocycles. The first kappa shape index (κ1) is 30.9. The summed E-state index contributed by atoms with van der Waals surface area (Å²) in [6, 6.07) is 67.9. The van der Waals surface area contributed by atoms with Gasteiger partial charge in [0.1, 0.15) is 0 Å². The molecule has 8 aromatic carbocycles. The van der Waals surface area contributed by atoms with Crippen molar-refractivity contribution in [1.82, 2.24) is 4.57 Å². The molecule has 0 radical (unpaired) electrons. The molecule has 2 nitrogen and oxygen atoms in total. The molecular weight excluding hydrogens is 653 g/mol. The average Bonchev–Trinajstić information content (AvgIpc) is 3.82. The molecule has 0 unspecified atom stereocenters. The lowest BCUT2D eigenvalue weighted by atomic mass is 9.70. The van der Waals surface area contributed by atoms with E-state index in [1.807, 2.05) is 0 Å². The quantitative estimate of drug-likeness (QED) is 0.175. The molecule has 0 saturated carbocycles. The predicted octanol–water partition coefficient (Wildman–Crippen LogP) is 13.5. The number of aromatic nitrogens is 1. The maximum absolute atomic E-state index is 2.49. The average molecular weight is 691 g/mol. The summed E-state index contributed by atoms with van der Waals surface area (Å²) in [5.41, 5.74) is 19.9. The lowest BCUT2D eigenvalue weighted by Crippen LogP contribution is -2.26. The van der Waals surface area contributed by atoms with Crippen LogP contribution in [0.3, 0.4) is 0 Å². The fraction of sp³-hybridized carbons (Fsp3) is 0.0769. The molecule has 1 spiro atoms. The van der Waals surface area contributed by atoms with Gasteiger partial charge in [-0.15, -0.1) is 0 Å². The minimum absolute atomic E-state index is 0.407. The highest BCUT2D eigenvalue weighted by Crippen LogP contribution is 2.63. The van der Waals surface area contributed by atoms with Gasteiger partial charge in [-0.25, -0.2) is 0 Å². The normalized spacial score (nSPS) is 13.2. The molecule has 11 rings (SSSR count). The molecule has 2 aliphatic rings. The second-order valence-corrected chi connectivity index (χ2v) is 14.8. The zero-order valence-corrected chi connectivity index (χ0v) is 30.4. The number of anilines is 3. The lowest BCUT2D eigenvalue weighted by Gasteiger charge is -2.32. The van der Waals surface area contributed by atoms with E-state index >= 15 is 0 Å². The van der Waals surface area contributed by atoms with Gasteiger partial charge in [-0.2, -0.15) is 0 Å². The SMILES string of the molecule is CCc1ccc2c(c1)c1cc(N(c3ccccc3)c3ccc4c(c3)C3(c5ccccc5-c5ccccc53)c3ccccc3-4)c(C)cc1n2-c1ccccc1. The zero-order chi connectivity index (χ0) is 36.0. The molecule has 1 heterocycles. The Morgan fingerprint density at radius 2 is 1.02 bits per heavy atom. The summed E-state index contributed by atoms with van der Waals surface area (Å²) in [4.78, 5) is 2.48. The monoisotopic (exact) mass is 690 g/mol. The van der Waals surface area contributed by atoms with E-state index in [1.54, 1.807) is 0 Å². The van der Waals surface area contributed by atoms with Gasteiger partial charge in [0.05, 0.1) is 16.4 Å². The summed E-state index contributed by atoms with van der Waals surface area (Å²) in [5, 5.41) is 2.54. The maximum atomic E-state index is 2.49. The second-order valence-electron chi connectivity index (χ2n) is 14.8. The topological polar surface area (TPSA) is 8.17 Å². The first-order chi connectivity index (χ1) is 26.7. The van der Waals surface area contributed by atoms with Crippen LogP contribution >= 0.6 is 0 Å². The van der Waals surface area contributed by atoms with Gasteiger partial charge < -0.3 is 9.47 Å². The predicted molar refractivity (Wildman–Crippen MR) is 226 cm³/mol. The van der Waals surface area contributed by atoms with Gasteiger partial charge in [0.25, 0.3) is 0 Å². The van der Waals surface area contributed by atoms with Crippen LogP contribution in [-0.2, 0) is 11.8 Å². The Bertz CT molecular complexity index is 2870. The van der Waals surface area contributed by atoms with Crippen LogP contribution in [0.4, 0.5) is 17.1 Å². The summed E-state index contributed by atoms with van der Waals surface area (Å²) >= 11 is 0. The fourth-order valence-corrected chi connectivity index (χ4v) is 9.75. The van der Waals surface area contributed by atoms with Crippen LogP contribution in [-0.4, -0.2) is 4.57 Å². The molecule has 0 fully saturated rings. The Morgan fingerprint density at radius 3 is 1.65 bits per heavy atom. The fourth-order valence-electron chi connectivity index (χ4n) is 9.75. The Morgan fingerprint density at radius 1 is 0.463 bits per heavy atom. The number of rotatable bonds is 5. The smallest absolute Gasteiger partial charge is 0.0726 e. The minimum atomic E-state index is -0.407. The van der Waals surface area contributed by atoms with E-state index < -0.39 is 5.41 Å². The number of nitrogens with zero attached hydrogens (tertiary/aromatic N) is 2. The number of hydrogen-bond acceptors (Lipinski definition) is 1. The molecule has 0 aliphatic heterocycles. The number of para-hydroxylation sites is 2. The Labute approximate surface area is 316 Å². The van der Waals surface area contributed by atoms with Crippen LogP contribution in [0.1, 0.15) is 40.3 Å². The van der Waals surface area contributed by atoms with Crippen LogP contribution in [0.5, 0.6) is 0 Å². The van der Waals surface area contributed by atoms with Gasteiger partial charge in [-0.3, -0.25) is 0 Å². The number of aryl methyl sites for hydroxylation is 2. The van der Waals surface area contributed by atoms with E-state index in [-0.39, 0.29) is 0 Å². The number of hydrogen-bond donors (Lipinski definition) is 0. The van der Waals surface area contributed by atoms with Crippen molar-refractivity contribution in [2.75, 3.05) is 4.90 Å². The highest BCUT2D eigenvalue weighted by atomic mass is 15.1. The standard InChI is InChI=1S/C52H38N2/c1-3-35-26-29-49-43(31-35)44-33-50(34(2)30-51(44)54(49)37-18-8-5-9-19-37)53(36-16-6-4-7-17-36)38-27-28-42-41-22-12-15-25-47(41)52(48(42)32-38)45-23-13-10-20-39(45)40-21-11-14-24-46(40)52/h4-33H,3H2,1-2H3. The Balaban J connectivity index is 1.19. The van der Waals surface area contributed by atoms with Gasteiger partial charge in [0.2, 0.25) is 0 Å². The van der Waals surface area contributed by atoms with Crippen molar-refractivity contribution < 1.29 is 0 Å². The third-order valence-corrected chi connectivity index (χ3v) is 12.1. The van der Waals surface area contributed by atoms with Crippen LogP contribution < -0.4 is 4.90 Å². The largest absolute Gasteiger partial charge is 0.310 e. The van der Waals surface area contributed by atoms with Crippen molar-refractivity contribution in [2.45, 2.75) is 25.7 Å². The first-order valence-corrected chi connectivity index (χ1v) is 19.1. The minimum Gasteiger partial charge on any atom is -0.310 e. The summed E-state index contributed by atoms with van der Waals surface area (Å²) < 4.78 is 2.43. The molecule has 0 amide bonds. The van der Waals surface area contributed by atoms with Crippen molar-refractivity contribution in [3.63, 3.8) is 0 Å². The summed E-state index contributed by atoms with van der Waals surface area (Å²) in [6.45, 7) is 4.51. The first-order valence-electron chi connectivity index (χ1n) is 19.1. The van der Waals surface area contributed by atoms with Crippen molar-refractivity contribution in [3.05, 3.63) is 215 Å². The van der Waals surface area contributed by atoms with Crippen LogP contribution in [0.2, 0.25) is 0 Å². The van der Waals surface area contributed by atoms with Crippen molar-refractivity contribution >= 4 is 38.9 Å². The van der Waals surface area contributed by atoms with E-state index in [0.717, 1.165) is 17.8 Å². The number of benzene rings is 8. The van der Waals surface area contributed by atoms with Crippen LogP contribution in [0.15, 0.2) is 182 Å². The second kappa shape index (κ2) is 11.7. The van der Waals surface area contributed by atoms with Crippen LogP contribution in [0, 0.1) is 6.92 Å². The Hall–Kier alpha value is -6.64. The van der Waals surface area contributed by atoms with Crippen molar-refractivity contribution in [3.8, 4) is 27.9 Å². The molecule has 0 N–H and O–H groups in total. The van der Waals surface area contributed by atoms with Gasteiger partial charge in [-0.05, 0) is 130 Å². The molecule has 2 aliphatic carbocycles. The highest BCUT2D eigenvalue weighted by molar-refractivity contribution is 6.11.